The number of aromatic nitrogens is 1. The lowest BCUT2D eigenvalue weighted by atomic mass is 9.83. The zero-order valence-corrected chi connectivity index (χ0v) is 25.2. The SMILES string of the molecule is CCCC[C@H]1Cc2cc(OC)ccc2[C@H](c2ccc(NC(=O)c3ccnc(C)c3)cc2)N1C#CC[Si](C)(C)C. The van der Waals surface area contributed by atoms with Gasteiger partial charge in [-0.25, -0.2) is 0 Å². The molecule has 0 fully saturated rings. The first-order chi connectivity index (χ1) is 18.7. The van der Waals surface area contributed by atoms with Crippen LogP contribution in [0.3, 0.4) is 0 Å². The van der Waals surface area contributed by atoms with Crippen LogP contribution in [0.1, 0.15) is 65.0 Å². The first kappa shape index (κ1) is 28.4. The van der Waals surface area contributed by atoms with Crippen LogP contribution in [0.2, 0.25) is 25.7 Å². The van der Waals surface area contributed by atoms with Gasteiger partial charge in [0.05, 0.1) is 21.2 Å². The molecule has 4 rings (SSSR count). The number of nitrogens with one attached hydrogen (secondary N) is 1. The average Bonchev–Trinajstić information content (AvgIpc) is 2.91. The van der Waals surface area contributed by atoms with Crippen LogP contribution < -0.4 is 10.1 Å². The fourth-order valence-electron chi connectivity index (χ4n) is 5.08. The number of hydrogen-bond donors (Lipinski definition) is 1. The lowest BCUT2D eigenvalue weighted by Crippen LogP contribution is -2.41. The van der Waals surface area contributed by atoms with Crippen molar-refractivity contribution in [3.63, 3.8) is 0 Å². The van der Waals surface area contributed by atoms with Crippen molar-refractivity contribution in [3.05, 3.63) is 88.7 Å². The van der Waals surface area contributed by atoms with Crippen molar-refractivity contribution in [1.82, 2.24) is 9.88 Å². The van der Waals surface area contributed by atoms with Crippen LogP contribution >= 0.6 is 0 Å². The second kappa shape index (κ2) is 12.5. The van der Waals surface area contributed by atoms with Crippen molar-refractivity contribution < 1.29 is 9.53 Å². The molecule has 0 radical (unpaired) electrons. The number of ether oxygens (including phenoxy) is 1. The van der Waals surface area contributed by atoms with Crippen LogP contribution in [0.5, 0.6) is 5.75 Å². The predicted molar refractivity (Wildman–Crippen MR) is 163 cm³/mol. The summed E-state index contributed by atoms with van der Waals surface area (Å²) in [6.07, 6.45) is 6.06. The van der Waals surface area contributed by atoms with E-state index in [1.807, 2.05) is 19.1 Å². The maximum atomic E-state index is 12.8. The maximum Gasteiger partial charge on any atom is 0.255 e. The Kier molecular flexibility index (Phi) is 9.14. The summed E-state index contributed by atoms with van der Waals surface area (Å²) in [7, 11) is 0.437. The summed E-state index contributed by atoms with van der Waals surface area (Å²) in [6.45, 7) is 11.2. The number of benzene rings is 2. The zero-order chi connectivity index (χ0) is 28.0. The van der Waals surface area contributed by atoms with E-state index in [9.17, 15) is 4.79 Å². The molecule has 1 N–H and O–H groups in total. The number of unbranched alkanes of at least 4 members (excludes halogenated alkanes) is 1. The molecule has 1 aliphatic rings. The third-order valence-corrected chi connectivity index (χ3v) is 8.37. The lowest BCUT2D eigenvalue weighted by molar-refractivity contribution is 0.102. The number of aryl methyl sites for hydroxylation is 1. The molecular weight excluding hydrogens is 498 g/mol. The Morgan fingerprint density at radius 3 is 2.56 bits per heavy atom. The summed E-state index contributed by atoms with van der Waals surface area (Å²) in [6, 6.07) is 23.2. The second-order valence-corrected chi connectivity index (χ2v) is 17.1. The molecule has 0 saturated heterocycles. The Hall–Kier alpha value is -3.56. The highest BCUT2D eigenvalue weighted by molar-refractivity contribution is 6.76. The van der Waals surface area contributed by atoms with Crippen molar-refractivity contribution in [2.75, 3.05) is 12.4 Å². The molecule has 2 aromatic carbocycles. The standard InChI is InChI=1S/C33H41N3O2Si/c1-7-8-10-29-22-27-23-30(38-3)15-16-31(27)32(36(29)19-9-20-39(4,5)6)25-11-13-28(14-12-25)35-33(37)26-17-18-34-24(2)21-26/h11-18,21,23,29,32H,7-8,10,20,22H2,1-6H3,(H,35,37)/t29-,32-/m0/s1. The molecule has 1 aromatic heterocycles. The van der Waals surface area contributed by atoms with Gasteiger partial charge in [-0.3, -0.25) is 9.78 Å². The molecule has 0 aliphatic carbocycles. The minimum Gasteiger partial charge on any atom is -0.497 e. The number of methoxy groups -OCH3 is 1. The third-order valence-electron chi connectivity index (χ3n) is 7.13. The molecule has 6 heteroatoms. The molecule has 0 saturated carbocycles. The van der Waals surface area contributed by atoms with Gasteiger partial charge in [0.1, 0.15) is 5.75 Å². The van der Waals surface area contributed by atoms with E-state index < -0.39 is 8.07 Å². The van der Waals surface area contributed by atoms with Crippen LogP contribution in [0.25, 0.3) is 0 Å². The van der Waals surface area contributed by atoms with E-state index in [-0.39, 0.29) is 11.9 Å². The fourth-order valence-corrected chi connectivity index (χ4v) is 5.69. The summed E-state index contributed by atoms with van der Waals surface area (Å²) in [5.41, 5.74) is 5.96. The van der Waals surface area contributed by atoms with Crippen LogP contribution in [0.4, 0.5) is 5.69 Å². The summed E-state index contributed by atoms with van der Waals surface area (Å²) >= 11 is 0. The summed E-state index contributed by atoms with van der Waals surface area (Å²) in [5, 5.41) is 3.03. The topological polar surface area (TPSA) is 54.5 Å². The number of carbonyl (C=O) groups is 1. The predicted octanol–water partition coefficient (Wildman–Crippen LogP) is 7.46. The Balaban J connectivity index is 1.69. The Labute approximate surface area is 235 Å². The van der Waals surface area contributed by atoms with E-state index >= 15 is 0 Å². The number of rotatable bonds is 8. The maximum absolute atomic E-state index is 12.8. The first-order valence-electron chi connectivity index (χ1n) is 14.0. The van der Waals surface area contributed by atoms with Gasteiger partial charge in [-0.1, -0.05) is 63.5 Å². The highest BCUT2D eigenvalue weighted by Crippen LogP contribution is 2.40. The molecule has 1 amide bonds. The molecule has 1 aliphatic heterocycles. The van der Waals surface area contributed by atoms with Gasteiger partial charge in [0.2, 0.25) is 0 Å². The Morgan fingerprint density at radius 2 is 1.90 bits per heavy atom. The zero-order valence-electron chi connectivity index (χ0n) is 24.2. The summed E-state index contributed by atoms with van der Waals surface area (Å²) in [4.78, 5) is 19.4. The molecule has 3 aromatic rings. The number of nitrogens with zero attached hydrogens (tertiary/aromatic N) is 2. The van der Waals surface area contributed by atoms with E-state index in [2.05, 4.69) is 84.1 Å². The normalized spacial score (nSPS) is 16.6. The highest BCUT2D eigenvalue weighted by Gasteiger charge is 2.34. The average molecular weight is 540 g/mol. The van der Waals surface area contributed by atoms with E-state index in [1.165, 1.54) is 23.1 Å². The first-order valence-corrected chi connectivity index (χ1v) is 17.7. The fraction of sp³-hybridized carbons (Fsp3) is 0.394. The molecule has 0 bridgehead atoms. The van der Waals surface area contributed by atoms with Gasteiger partial charge in [-0.2, -0.15) is 0 Å². The lowest BCUT2D eigenvalue weighted by Gasteiger charge is -2.42. The molecule has 0 unspecified atom stereocenters. The van der Waals surface area contributed by atoms with Gasteiger partial charge in [0, 0.05) is 41.3 Å². The minimum atomic E-state index is -1.29. The van der Waals surface area contributed by atoms with E-state index in [4.69, 9.17) is 4.74 Å². The van der Waals surface area contributed by atoms with E-state index in [1.54, 1.807) is 25.4 Å². The van der Waals surface area contributed by atoms with E-state index in [0.717, 1.165) is 42.4 Å². The number of amides is 1. The number of anilines is 1. The molecule has 5 nitrogen and oxygen atoms in total. The van der Waals surface area contributed by atoms with Crippen molar-refractivity contribution >= 4 is 19.7 Å². The van der Waals surface area contributed by atoms with Crippen LogP contribution in [0.15, 0.2) is 60.8 Å². The highest BCUT2D eigenvalue weighted by atomic mass is 28.3. The van der Waals surface area contributed by atoms with Gasteiger partial charge < -0.3 is 15.0 Å². The molecular formula is C33H41N3O2Si. The monoisotopic (exact) mass is 539 g/mol. The number of carbonyl (C=O) groups excluding carboxylic acids is 1. The van der Waals surface area contributed by atoms with Crippen molar-refractivity contribution in [2.24, 2.45) is 0 Å². The number of fused-ring (bicyclic) bond motifs is 1. The van der Waals surface area contributed by atoms with Gasteiger partial charge in [0.25, 0.3) is 5.91 Å². The van der Waals surface area contributed by atoms with Gasteiger partial charge in [-0.15, -0.1) is 0 Å². The van der Waals surface area contributed by atoms with Crippen molar-refractivity contribution in [2.45, 2.75) is 77.3 Å². The molecule has 39 heavy (non-hydrogen) atoms. The molecule has 2 heterocycles. The Bertz CT molecular complexity index is 1350. The van der Waals surface area contributed by atoms with Crippen molar-refractivity contribution in [1.29, 1.82) is 0 Å². The van der Waals surface area contributed by atoms with Crippen LogP contribution in [0, 0.1) is 18.9 Å². The molecule has 2 atom stereocenters. The van der Waals surface area contributed by atoms with Crippen LogP contribution in [-0.2, 0) is 6.42 Å². The second-order valence-electron chi connectivity index (χ2n) is 11.7. The molecule has 0 spiro atoms. The molecule has 204 valence electrons. The van der Waals surface area contributed by atoms with Gasteiger partial charge in [0.15, 0.2) is 0 Å². The van der Waals surface area contributed by atoms with Crippen LogP contribution in [-0.4, -0.2) is 37.0 Å². The van der Waals surface area contributed by atoms with E-state index in [0.29, 0.717) is 11.6 Å². The van der Waals surface area contributed by atoms with Gasteiger partial charge in [-0.05, 0) is 72.9 Å². The Morgan fingerprint density at radius 1 is 1.13 bits per heavy atom. The number of hydrogen-bond acceptors (Lipinski definition) is 4. The third kappa shape index (κ3) is 7.30. The summed E-state index contributed by atoms with van der Waals surface area (Å²) < 4.78 is 5.58. The van der Waals surface area contributed by atoms with Crippen molar-refractivity contribution in [3.8, 4) is 17.7 Å². The van der Waals surface area contributed by atoms with Gasteiger partial charge >= 0.3 is 0 Å². The number of pyridine rings is 1. The summed E-state index contributed by atoms with van der Waals surface area (Å²) in [5.74, 6) is 4.32. The largest absolute Gasteiger partial charge is 0.497 e. The quantitative estimate of drug-likeness (QED) is 0.238. The minimum absolute atomic E-state index is 0.0169. The smallest absolute Gasteiger partial charge is 0.255 e.